The third kappa shape index (κ3) is 5.44. The molecular formula is C18H16ClN3O2. The Morgan fingerprint density at radius 1 is 0.875 bits per heavy atom. The first-order valence-corrected chi connectivity index (χ1v) is 7.80. The SMILES string of the molecule is O=C(CCl)c1ccccc1.O=C(Cn1ccnn1)c1ccccc1. The highest BCUT2D eigenvalue weighted by molar-refractivity contribution is 6.30. The van der Waals surface area contributed by atoms with E-state index in [4.69, 9.17) is 11.6 Å². The molecule has 24 heavy (non-hydrogen) atoms. The van der Waals surface area contributed by atoms with E-state index in [0.717, 1.165) is 0 Å². The molecule has 122 valence electrons. The Hall–Kier alpha value is -2.79. The van der Waals surface area contributed by atoms with Gasteiger partial charge in [-0.3, -0.25) is 9.59 Å². The fourth-order valence-corrected chi connectivity index (χ4v) is 2.04. The van der Waals surface area contributed by atoms with Crippen molar-refractivity contribution in [2.24, 2.45) is 0 Å². The van der Waals surface area contributed by atoms with E-state index < -0.39 is 0 Å². The first kappa shape index (κ1) is 17.6. The molecule has 0 saturated carbocycles. The van der Waals surface area contributed by atoms with Crippen LogP contribution in [0.5, 0.6) is 0 Å². The molecule has 1 aromatic heterocycles. The Bertz CT molecular complexity index is 759. The Balaban J connectivity index is 0.000000185. The van der Waals surface area contributed by atoms with Crippen LogP contribution in [0.4, 0.5) is 0 Å². The number of benzene rings is 2. The molecule has 0 radical (unpaired) electrons. The molecule has 3 rings (SSSR count). The fraction of sp³-hybridized carbons (Fsp3) is 0.111. The Morgan fingerprint density at radius 2 is 1.42 bits per heavy atom. The number of hydrogen-bond donors (Lipinski definition) is 0. The lowest BCUT2D eigenvalue weighted by atomic mass is 10.1. The second-order valence-corrected chi connectivity index (χ2v) is 5.08. The average Bonchev–Trinajstić information content (AvgIpc) is 3.16. The van der Waals surface area contributed by atoms with E-state index in [-0.39, 0.29) is 24.0 Å². The topological polar surface area (TPSA) is 64.8 Å². The van der Waals surface area contributed by atoms with E-state index in [9.17, 15) is 9.59 Å². The average molecular weight is 342 g/mol. The van der Waals surface area contributed by atoms with Gasteiger partial charge in [-0.25, -0.2) is 4.68 Å². The molecule has 3 aromatic rings. The van der Waals surface area contributed by atoms with Gasteiger partial charge in [0.25, 0.3) is 0 Å². The standard InChI is InChI=1S/C10H9N3O.C8H7ClO/c14-10(8-13-7-6-11-12-13)9-4-2-1-3-5-9;9-6-8(10)7-4-2-1-3-5-7/h1-7H,8H2;1-5H,6H2. The lowest BCUT2D eigenvalue weighted by Gasteiger charge is -1.99. The molecule has 0 spiro atoms. The summed E-state index contributed by atoms with van der Waals surface area (Å²) in [4.78, 5) is 22.5. The van der Waals surface area contributed by atoms with E-state index in [0.29, 0.717) is 11.1 Å². The van der Waals surface area contributed by atoms with Gasteiger partial charge in [-0.1, -0.05) is 65.9 Å². The van der Waals surface area contributed by atoms with Gasteiger partial charge in [0.15, 0.2) is 11.6 Å². The molecule has 0 bridgehead atoms. The van der Waals surface area contributed by atoms with E-state index >= 15 is 0 Å². The fourth-order valence-electron chi connectivity index (χ4n) is 1.88. The summed E-state index contributed by atoms with van der Waals surface area (Å²) >= 11 is 5.34. The number of halogens is 1. The maximum Gasteiger partial charge on any atom is 0.184 e. The van der Waals surface area contributed by atoms with Crippen molar-refractivity contribution in [3.05, 3.63) is 84.2 Å². The Morgan fingerprint density at radius 3 is 1.88 bits per heavy atom. The lowest BCUT2D eigenvalue weighted by molar-refractivity contribution is 0.0965. The zero-order chi connectivity index (χ0) is 17.2. The summed E-state index contributed by atoms with van der Waals surface area (Å²) < 4.78 is 1.51. The highest BCUT2D eigenvalue weighted by Crippen LogP contribution is 2.01. The van der Waals surface area contributed by atoms with Crippen LogP contribution in [0.1, 0.15) is 20.7 Å². The Kier molecular flexibility index (Phi) is 6.86. The molecule has 0 aliphatic carbocycles. The number of carbonyl (C=O) groups is 2. The Labute approximate surface area is 144 Å². The molecule has 0 aliphatic rings. The third-order valence-corrected chi connectivity index (χ3v) is 3.33. The van der Waals surface area contributed by atoms with Crippen LogP contribution in [0.15, 0.2) is 73.1 Å². The summed E-state index contributed by atoms with van der Waals surface area (Å²) in [7, 11) is 0. The van der Waals surface area contributed by atoms with Gasteiger partial charge in [-0.2, -0.15) is 0 Å². The minimum atomic E-state index is -0.0257. The largest absolute Gasteiger partial charge is 0.293 e. The highest BCUT2D eigenvalue weighted by atomic mass is 35.5. The van der Waals surface area contributed by atoms with E-state index in [1.54, 1.807) is 36.7 Å². The van der Waals surface area contributed by atoms with Crippen molar-refractivity contribution in [2.45, 2.75) is 6.54 Å². The number of Topliss-reactive ketones (excluding diaryl/α,β-unsaturated/α-hetero) is 2. The maximum atomic E-state index is 11.6. The van der Waals surface area contributed by atoms with Crippen LogP contribution in [-0.2, 0) is 6.54 Å². The normalized spacial score (nSPS) is 9.71. The summed E-state index contributed by atoms with van der Waals surface area (Å²) in [6.07, 6.45) is 3.22. The number of alkyl halides is 1. The van der Waals surface area contributed by atoms with Crippen LogP contribution in [-0.4, -0.2) is 32.4 Å². The van der Waals surface area contributed by atoms with Gasteiger partial charge < -0.3 is 0 Å². The van der Waals surface area contributed by atoms with Crippen LogP contribution >= 0.6 is 11.6 Å². The van der Waals surface area contributed by atoms with Crippen molar-refractivity contribution < 1.29 is 9.59 Å². The lowest BCUT2D eigenvalue weighted by Crippen LogP contribution is -2.10. The van der Waals surface area contributed by atoms with Crippen molar-refractivity contribution in [1.82, 2.24) is 15.0 Å². The molecule has 0 fully saturated rings. The van der Waals surface area contributed by atoms with Crippen LogP contribution < -0.4 is 0 Å². The number of rotatable bonds is 5. The van der Waals surface area contributed by atoms with Crippen molar-refractivity contribution in [1.29, 1.82) is 0 Å². The van der Waals surface area contributed by atoms with Crippen LogP contribution in [0, 0.1) is 0 Å². The highest BCUT2D eigenvalue weighted by Gasteiger charge is 2.05. The monoisotopic (exact) mass is 341 g/mol. The zero-order valence-electron chi connectivity index (χ0n) is 12.9. The number of nitrogens with zero attached hydrogens (tertiary/aromatic N) is 3. The number of aromatic nitrogens is 3. The summed E-state index contributed by atoms with van der Waals surface area (Å²) in [6.45, 7) is 0.240. The van der Waals surface area contributed by atoms with E-state index in [1.165, 1.54) is 4.68 Å². The second-order valence-electron chi connectivity index (χ2n) is 4.81. The molecule has 1 heterocycles. The summed E-state index contributed by atoms with van der Waals surface area (Å²) in [5, 5.41) is 7.36. The predicted molar refractivity (Wildman–Crippen MR) is 92.3 cm³/mol. The molecule has 0 amide bonds. The minimum Gasteiger partial charge on any atom is -0.293 e. The third-order valence-electron chi connectivity index (χ3n) is 3.09. The molecular weight excluding hydrogens is 326 g/mol. The maximum absolute atomic E-state index is 11.6. The molecule has 5 nitrogen and oxygen atoms in total. The van der Waals surface area contributed by atoms with E-state index in [2.05, 4.69) is 10.3 Å². The first-order chi connectivity index (χ1) is 11.7. The van der Waals surface area contributed by atoms with Gasteiger partial charge in [0.05, 0.1) is 12.1 Å². The second kappa shape index (κ2) is 9.37. The molecule has 0 unspecified atom stereocenters. The molecule has 0 aliphatic heterocycles. The molecule has 0 saturated heterocycles. The van der Waals surface area contributed by atoms with Gasteiger partial charge in [0.1, 0.15) is 6.54 Å². The van der Waals surface area contributed by atoms with Crippen LogP contribution in [0.3, 0.4) is 0 Å². The molecule has 2 aromatic carbocycles. The molecule has 0 atom stereocenters. The number of carbonyl (C=O) groups excluding carboxylic acids is 2. The summed E-state index contributed by atoms with van der Waals surface area (Å²) in [6, 6.07) is 18.2. The van der Waals surface area contributed by atoms with Crippen molar-refractivity contribution in [3.63, 3.8) is 0 Å². The van der Waals surface area contributed by atoms with Crippen molar-refractivity contribution in [3.8, 4) is 0 Å². The summed E-state index contributed by atoms with van der Waals surface area (Å²) in [5.41, 5.74) is 1.38. The number of ketones is 2. The molecule has 0 N–H and O–H groups in total. The van der Waals surface area contributed by atoms with Gasteiger partial charge in [0, 0.05) is 17.3 Å². The van der Waals surface area contributed by atoms with Gasteiger partial charge >= 0.3 is 0 Å². The predicted octanol–water partition coefficient (Wildman–Crippen LogP) is 3.27. The quantitative estimate of drug-likeness (QED) is 0.527. The van der Waals surface area contributed by atoms with Crippen molar-refractivity contribution >= 4 is 23.2 Å². The first-order valence-electron chi connectivity index (χ1n) is 7.27. The summed E-state index contributed by atoms with van der Waals surface area (Å²) in [5.74, 6) is 0.0719. The number of hydrogen-bond acceptors (Lipinski definition) is 4. The van der Waals surface area contributed by atoms with Crippen molar-refractivity contribution in [2.75, 3.05) is 5.88 Å². The zero-order valence-corrected chi connectivity index (χ0v) is 13.6. The van der Waals surface area contributed by atoms with Crippen LogP contribution in [0.25, 0.3) is 0 Å². The van der Waals surface area contributed by atoms with Gasteiger partial charge in [-0.15, -0.1) is 16.7 Å². The van der Waals surface area contributed by atoms with Crippen LogP contribution in [0.2, 0.25) is 0 Å². The smallest absolute Gasteiger partial charge is 0.184 e. The molecule has 6 heteroatoms. The van der Waals surface area contributed by atoms with Gasteiger partial charge in [0.2, 0.25) is 0 Å². The minimum absolute atomic E-state index is 0.0257. The van der Waals surface area contributed by atoms with Gasteiger partial charge in [-0.05, 0) is 0 Å². The van der Waals surface area contributed by atoms with E-state index in [1.807, 2.05) is 36.4 Å².